The van der Waals surface area contributed by atoms with E-state index in [1.165, 1.54) is 0 Å². The molecule has 2 aromatic carbocycles. The number of rotatable bonds is 8. The molecule has 0 spiro atoms. The largest absolute Gasteiger partial charge is 0.484 e. The van der Waals surface area contributed by atoms with Crippen molar-refractivity contribution in [2.45, 2.75) is 58.5 Å². The Kier molecular flexibility index (Phi) is 8.39. The fraction of sp³-hybridized carbons (Fsp3) is 0.440. The van der Waals surface area contributed by atoms with Crippen molar-refractivity contribution in [2.75, 3.05) is 13.2 Å². The first kappa shape index (κ1) is 23.9. The van der Waals surface area contributed by atoms with Crippen LogP contribution in [0.2, 0.25) is 5.02 Å². The van der Waals surface area contributed by atoms with Gasteiger partial charge < -0.3 is 20.1 Å². The zero-order valence-corrected chi connectivity index (χ0v) is 19.6. The lowest BCUT2D eigenvalue weighted by Gasteiger charge is -2.29. The van der Waals surface area contributed by atoms with Crippen LogP contribution < -0.4 is 20.1 Å². The van der Waals surface area contributed by atoms with Gasteiger partial charge in [-0.15, -0.1) is 0 Å². The predicted octanol–water partition coefficient (Wildman–Crippen LogP) is 4.27. The maximum atomic E-state index is 12.3. The number of ether oxygens (including phenoxy) is 2. The van der Waals surface area contributed by atoms with Crippen LogP contribution >= 0.6 is 11.6 Å². The first-order valence-corrected chi connectivity index (χ1v) is 11.4. The Labute approximate surface area is 194 Å². The highest BCUT2D eigenvalue weighted by molar-refractivity contribution is 6.30. The average Bonchev–Trinajstić information content (AvgIpc) is 2.74. The summed E-state index contributed by atoms with van der Waals surface area (Å²) in [6.45, 7) is 5.85. The third kappa shape index (κ3) is 7.16. The molecule has 3 rings (SSSR count). The Balaban J connectivity index is 1.34. The maximum Gasteiger partial charge on any atom is 0.258 e. The summed E-state index contributed by atoms with van der Waals surface area (Å²) in [4.78, 5) is 24.5. The van der Waals surface area contributed by atoms with Crippen molar-refractivity contribution in [1.82, 2.24) is 10.6 Å². The topological polar surface area (TPSA) is 76.7 Å². The van der Waals surface area contributed by atoms with Crippen molar-refractivity contribution in [3.63, 3.8) is 0 Å². The highest BCUT2D eigenvalue weighted by atomic mass is 35.5. The molecule has 6 nitrogen and oxygen atoms in total. The number of hydrogen-bond acceptors (Lipinski definition) is 4. The average molecular weight is 459 g/mol. The second-order valence-electron chi connectivity index (χ2n) is 8.44. The van der Waals surface area contributed by atoms with E-state index in [0.29, 0.717) is 10.8 Å². The van der Waals surface area contributed by atoms with Crippen LogP contribution in [0, 0.1) is 20.8 Å². The number of benzene rings is 2. The molecule has 0 saturated heterocycles. The molecule has 1 fully saturated rings. The fourth-order valence-corrected chi connectivity index (χ4v) is 4.17. The van der Waals surface area contributed by atoms with Gasteiger partial charge in [-0.2, -0.15) is 0 Å². The molecule has 7 heteroatoms. The van der Waals surface area contributed by atoms with Gasteiger partial charge in [-0.1, -0.05) is 29.3 Å². The maximum absolute atomic E-state index is 12.3. The number of nitrogens with one attached hydrogen (secondary N) is 2. The summed E-state index contributed by atoms with van der Waals surface area (Å²) in [6.07, 6.45) is 3.26. The second-order valence-corrected chi connectivity index (χ2v) is 8.88. The third-order valence-electron chi connectivity index (χ3n) is 5.64. The van der Waals surface area contributed by atoms with Gasteiger partial charge in [-0.3, -0.25) is 9.59 Å². The summed E-state index contributed by atoms with van der Waals surface area (Å²) < 4.78 is 11.3. The van der Waals surface area contributed by atoms with Gasteiger partial charge in [0, 0.05) is 17.1 Å². The molecule has 2 amide bonds. The Morgan fingerprint density at radius 3 is 1.75 bits per heavy atom. The van der Waals surface area contributed by atoms with Crippen LogP contribution in [-0.4, -0.2) is 37.1 Å². The molecule has 2 N–H and O–H groups in total. The number of carbonyl (C=O) groups is 2. The Hall–Kier alpha value is -2.73. The van der Waals surface area contributed by atoms with Crippen LogP contribution in [-0.2, 0) is 9.59 Å². The van der Waals surface area contributed by atoms with E-state index in [-0.39, 0.29) is 37.1 Å². The van der Waals surface area contributed by atoms with Crippen LogP contribution in [0.5, 0.6) is 11.5 Å². The van der Waals surface area contributed by atoms with Crippen LogP contribution in [0.1, 0.15) is 42.4 Å². The first-order chi connectivity index (χ1) is 15.3. The monoisotopic (exact) mass is 458 g/mol. The van der Waals surface area contributed by atoms with Crippen molar-refractivity contribution < 1.29 is 19.1 Å². The van der Waals surface area contributed by atoms with Crippen molar-refractivity contribution in [3.8, 4) is 11.5 Å². The van der Waals surface area contributed by atoms with Crippen LogP contribution in [0.3, 0.4) is 0 Å². The van der Waals surface area contributed by atoms with Gasteiger partial charge >= 0.3 is 0 Å². The lowest BCUT2D eigenvalue weighted by molar-refractivity contribution is -0.125. The highest BCUT2D eigenvalue weighted by Gasteiger charge is 2.24. The van der Waals surface area contributed by atoms with E-state index in [4.69, 9.17) is 21.1 Å². The van der Waals surface area contributed by atoms with Crippen molar-refractivity contribution in [2.24, 2.45) is 0 Å². The Morgan fingerprint density at radius 1 is 0.812 bits per heavy atom. The molecule has 0 heterocycles. The van der Waals surface area contributed by atoms with Crippen molar-refractivity contribution >= 4 is 23.4 Å². The van der Waals surface area contributed by atoms with Crippen LogP contribution in [0.4, 0.5) is 0 Å². The molecular formula is C25H31ClN2O4. The van der Waals surface area contributed by atoms with Crippen molar-refractivity contribution in [3.05, 3.63) is 58.1 Å². The summed E-state index contributed by atoms with van der Waals surface area (Å²) in [5.74, 6) is 1.12. The van der Waals surface area contributed by atoms with Gasteiger partial charge in [0.2, 0.25) is 0 Å². The summed E-state index contributed by atoms with van der Waals surface area (Å²) in [6, 6.07) is 11.4. The van der Waals surface area contributed by atoms with Crippen LogP contribution in [0.15, 0.2) is 36.4 Å². The number of halogens is 1. The van der Waals surface area contributed by atoms with Gasteiger partial charge in [0.1, 0.15) is 11.5 Å². The van der Waals surface area contributed by atoms with Gasteiger partial charge in [0.15, 0.2) is 13.2 Å². The highest BCUT2D eigenvalue weighted by Crippen LogP contribution is 2.22. The first-order valence-electron chi connectivity index (χ1n) is 11.0. The Bertz CT molecular complexity index is 877. The standard InChI is InChI=1S/C25H31ClN2O4/c1-16-4-10-22(17(2)12-16)31-14-24(29)27-20-6-8-21(9-7-20)28-25(30)15-32-23-11-5-19(26)13-18(23)3/h4-5,10-13,20-21H,6-9,14-15H2,1-3H3,(H,27,29)(H,28,30). The molecule has 1 saturated carbocycles. The minimum Gasteiger partial charge on any atom is -0.484 e. The molecule has 0 radical (unpaired) electrons. The van der Waals surface area contributed by atoms with E-state index in [9.17, 15) is 9.59 Å². The molecule has 0 aromatic heterocycles. The van der Waals surface area contributed by atoms with Gasteiger partial charge in [0.05, 0.1) is 0 Å². The van der Waals surface area contributed by atoms with Gasteiger partial charge in [-0.05, 0) is 81.8 Å². The molecule has 1 aliphatic rings. The summed E-state index contributed by atoms with van der Waals surface area (Å²) in [5.41, 5.74) is 3.07. The summed E-state index contributed by atoms with van der Waals surface area (Å²) in [7, 11) is 0. The smallest absolute Gasteiger partial charge is 0.258 e. The molecule has 2 aromatic rings. The van der Waals surface area contributed by atoms with E-state index in [1.807, 2.05) is 39.0 Å². The molecule has 32 heavy (non-hydrogen) atoms. The SMILES string of the molecule is Cc1ccc(OCC(=O)NC2CCC(NC(=O)COc3ccc(Cl)cc3C)CC2)c(C)c1. The number of carbonyl (C=O) groups excluding carboxylic acids is 2. The molecule has 0 unspecified atom stereocenters. The molecule has 1 aliphatic carbocycles. The minimum atomic E-state index is -0.145. The van der Waals surface area contributed by atoms with Gasteiger partial charge in [-0.25, -0.2) is 0 Å². The third-order valence-corrected chi connectivity index (χ3v) is 5.88. The van der Waals surface area contributed by atoms with E-state index in [1.54, 1.807) is 18.2 Å². The van der Waals surface area contributed by atoms with E-state index >= 15 is 0 Å². The molecule has 0 aliphatic heterocycles. The van der Waals surface area contributed by atoms with E-state index in [2.05, 4.69) is 10.6 Å². The van der Waals surface area contributed by atoms with Crippen LogP contribution in [0.25, 0.3) is 0 Å². The summed E-state index contributed by atoms with van der Waals surface area (Å²) >= 11 is 5.94. The molecule has 172 valence electrons. The lowest BCUT2D eigenvalue weighted by Crippen LogP contribution is -2.45. The van der Waals surface area contributed by atoms with E-state index in [0.717, 1.165) is 48.1 Å². The van der Waals surface area contributed by atoms with Gasteiger partial charge in [0.25, 0.3) is 11.8 Å². The normalized spacial score (nSPS) is 18.0. The molecular weight excluding hydrogens is 428 g/mol. The number of aryl methyl sites for hydroxylation is 3. The zero-order valence-electron chi connectivity index (χ0n) is 18.9. The van der Waals surface area contributed by atoms with E-state index < -0.39 is 0 Å². The number of amides is 2. The molecule has 0 atom stereocenters. The second kappa shape index (κ2) is 11.2. The fourth-order valence-electron chi connectivity index (χ4n) is 3.94. The number of hydrogen-bond donors (Lipinski definition) is 2. The lowest BCUT2D eigenvalue weighted by atomic mass is 9.91. The minimum absolute atomic E-state index is 0.00200. The van der Waals surface area contributed by atoms with Crippen molar-refractivity contribution in [1.29, 1.82) is 0 Å². The quantitative estimate of drug-likeness (QED) is 0.619. The summed E-state index contributed by atoms with van der Waals surface area (Å²) in [5, 5.41) is 6.70. The predicted molar refractivity (Wildman–Crippen MR) is 125 cm³/mol. The molecule has 0 bridgehead atoms. The zero-order chi connectivity index (χ0) is 23.1. The Morgan fingerprint density at radius 2 is 1.28 bits per heavy atom.